The van der Waals surface area contributed by atoms with E-state index in [0.717, 1.165) is 27.3 Å². The number of rotatable bonds is 3. The van der Waals surface area contributed by atoms with Crippen molar-refractivity contribution in [2.45, 2.75) is 58.2 Å². The first-order valence-corrected chi connectivity index (χ1v) is 10.7. The highest BCUT2D eigenvalue weighted by atomic mass is 32.1. The van der Waals surface area contributed by atoms with Gasteiger partial charge in [0.2, 0.25) is 0 Å². The highest BCUT2D eigenvalue weighted by Gasteiger charge is 2.54. The molecule has 3 aromatic rings. The van der Waals surface area contributed by atoms with Crippen LogP contribution in [0.4, 0.5) is 0 Å². The van der Waals surface area contributed by atoms with Crippen molar-refractivity contribution in [1.82, 2.24) is 4.98 Å². The van der Waals surface area contributed by atoms with Crippen molar-refractivity contribution in [1.29, 1.82) is 0 Å². The maximum atomic E-state index is 13.2. The number of fused-ring (bicyclic) bond motifs is 1. The minimum atomic E-state index is -1.03. The Bertz CT molecular complexity index is 1100. The van der Waals surface area contributed by atoms with E-state index < -0.39 is 17.1 Å². The second-order valence-electron chi connectivity index (χ2n) is 8.53. The largest absolute Gasteiger partial charge is 0.354 e. The summed E-state index contributed by atoms with van der Waals surface area (Å²) in [5, 5.41) is 3.15. The molecule has 0 saturated carbocycles. The van der Waals surface area contributed by atoms with E-state index >= 15 is 0 Å². The fourth-order valence-electron chi connectivity index (χ4n) is 4.09. The third-order valence-corrected chi connectivity index (χ3v) is 6.80. The zero-order chi connectivity index (χ0) is 21.0. The second-order valence-corrected chi connectivity index (χ2v) is 9.61. The van der Waals surface area contributed by atoms with Crippen molar-refractivity contribution in [2.24, 2.45) is 0 Å². The molecule has 29 heavy (non-hydrogen) atoms. The molecule has 0 radical (unpaired) electrons. The van der Waals surface area contributed by atoms with Gasteiger partial charge in [-0.05, 0) is 51.0 Å². The molecule has 1 aliphatic heterocycles. The molecule has 2 heterocycles. The Hall–Kier alpha value is -2.37. The summed E-state index contributed by atoms with van der Waals surface area (Å²) in [4.78, 5) is 32.1. The zero-order valence-corrected chi connectivity index (χ0v) is 18.2. The molecular formula is C24H25NO3S. The lowest BCUT2D eigenvalue weighted by Gasteiger charge is -2.42. The summed E-state index contributed by atoms with van der Waals surface area (Å²) >= 11 is 1.56. The monoisotopic (exact) mass is 407 g/mol. The van der Waals surface area contributed by atoms with Crippen molar-refractivity contribution < 1.29 is 14.3 Å². The van der Waals surface area contributed by atoms with Crippen molar-refractivity contribution >= 4 is 33.7 Å². The van der Waals surface area contributed by atoms with Crippen molar-refractivity contribution in [3.63, 3.8) is 0 Å². The second kappa shape index (κ2) is 6.85. The predicted octanol–water partition coefficient (Wildman–Crippen LogP) is 5.33. The molecule has 1 fully saturated rings. The molecule has 1 aliphatic rings. The first-order chi connectivity index (χ1) is 13.6. The van der Waals surface area contributed by atoms with Crippen LogP contribution in [0.5, 0.6) is 0 Å². The third kappa shape index (κ3) is 3.32. The molecule has 4 nitrogen and oxygen atoms in total. The van der Waals surface area contributed by atoms with Crippen LogP contribution >= 0.6 is 11.3 Å². The number of aryl methyl sites for hydroxylation is 1. The number of Topliss-reactive ketones (excluding diaryl/α,β-unsaturated/α-hetero) is 2. The Kier molecular flexibility index (Phi) is 4.71. The number of ketones is 2. The Morgan fingerprint density at radius 1 is 0.966 bits per heavy atom. The number of benzene rings is 2. The van der Waals surface area contributed by atoms with E-state index in [2.05, 4.69) is 24.3 Å². The number of nitrogens with zero attached hydrogens (tertiary/aromatic N) is 1. The van der Waals surface area contributed by atoms with Crippen molar-refractivity contribution in [2.75, 3.05) is 0 Å². The summed E-state index contributed by atoms with van der Waals surface area (Å²) in [5.74, 6) is -1.31. The molecule has 150 valence electrons. The van der Waals surface area contributed by atoms with Crippen LogP contribution in [0.3, 0.4) is 0 Å². The van der Waals surface area contributed by atoms with Gasteiger partial charge in [-0.15, -0.1) is 11.3 Å². The van der Waals surface area contributed by atoms with Crippen LogP contribution in [0, 0.1) is 0 Å². The van der Waals surface area contributed by atoms with Crippen LogP contribution in [-0.2, 0) is 20.7 Å². The van der Waals surface area contributed by atoms with E-state index in [0.29, 0.717) is 5.69 Å². The fourth-order valence-corrected chi connectivity index (χ4v) is 5.12. The summed E-state index contributed by atoms with van der Waals surface area (Å²) in [6, 6.07) is 14.4. The van der Waals surface area contributed by atoms with Gasteiger partial charge in [0.15, 0.2) is 11.6 Å². The SMILES string of the molecule is CCc1sc(-c2ccc3ccccc3c2)nc1C1C(=O)C(C)(C)OC(C)(C)C1=O. The number of thiazole rings is 1. The molecule has 0 spiro atoms. The van der Waals surface area contributed by atoms with Crippen LogP contribution in [0.1, 0.15) is 51.1 Å². The average molecular weight is 408 g/mol. The summed E-state index contributed by atoms with van der Waals surface area (Å²) in [7, 11) is 0. The van der Waals surface area contributed by atoms with Gasteiger partial charge in [0.25, 0.3) is 0 Å². The van der Waals surface area contributed by atoms with Crippen molar-refractivity contribution in [3.8, 4) is 10.6 Å². The maximum Gasteiger partial charge on any atom is 0.180 e. The molecular weight excluding hydrogens is 382 g/mol. The van der Waals surface area contributed by atoms with E-state index in [4.69, 9.17) is 9.72 Å². The molecule has 2 aromatic carbocycles. The number of carbonyl (C=O) groups excluding carboxylic acids is 2. The smallest absolute Gasteiger partial charge is 0.180 e. The zero-order valence-electron chi connectivity index (χ0n) is 17.4. The number of hydrogen-bond acceptors (Lipinski definition) is 5. The molecule has 5 heteroatoms. The van der Waals surface area contributed by atoms with Gasteiger partial charge in [0.1, 0.15) is 22.1 Å². The van der Waals surface area contributed by atoms with Gasteiger partial charge in [-0.25, -0.2) is 4.98 Å². The minimum absolute atomic E-state index is 0.216. The number of aromatic nitrogens is 1. The molecule has 0 atom stereocenters. The molecule has 0 amide bonds. The van der Waals surface area contributed by atoms with Crippen molar-refractivity contribution in [3.05, 3.63) is 53.0 Å². The molecule has 0 N–H and O–H groups in total. The average Bonchev–Trinajstić information content (AvgIpc) is 3.10. The first kappa shape index (κ1) is 19.9. The molecule has 0 bridgehead atoms. The van der Waals surface area contributed by atoms with E-state index in [1.165, 1.54) is 5.39 Å². The van der Waals surface area contributed by atoms with Gasteiger partial charge in [-0.2, -0.15) is 0 Å². The topological polar surface area (TPSA) is 56.3 Å². The van der Waals surface area contributed by atoms with E-state index in [-0.39, 0.29) is 11.6 Å². The Morgan fingerprint density at radius 3 is 2.21 bits per heavy atom. The van der Waals surface area contributed by atoms with Gasteiger partial charge in [-0.1, -0.05) is 43.3 Å². The molecule has 1 aromatic heterocycles. The number of hydrogen-bond donors (Lipinski definition) is 0. The number of ether oxygens (including phenoxy) is 1. The Balaban J connectivity index is 1.83. The van der Waals surface area contributed by atoms with Crippen LogP contribution in [0.2, 0.25) is 0 Å². The highest BCUT2D eigenvalue weighted by molar-refractivity contribution is 7.15. The Morgan fingerprint density at radius 2 is 1.59 bits per heavy atom. The third-order valence-electron chi connectivity index (χ3n) is 5.54. The van der Waals surface area contributed by atoms with Crippen LogP contribution in [0.25, 0.3) is 21.3 Å². The van der Waals surface area contributed by atoms with Gasteiger partial charge in [0, 0.05) is 10.4 Å². The van der Waals surface area contributed by atoms with Gasteiger partial charge in [-0.3, -0.25) is 9.59 Å². The van der Waals surface area contributed by atoms with Crippen LogP contribution in [0.15, 0.2) is 42.5 Å². The lowest BCUT2D eigenvalue weighted by molar-refractivity contribution is -0.184. The molecule has 0 unspecified atom stereocenters. The number of carbonyl (C=O) groups is 2. The van der Waals surface area contributed by atoms with Gasteiger partial charge >= 0.3 is 0 Å². The standard InChI is InChI=1S/C24H25NO3S/c1-6-17-19(18-20(26)23(2,3)28-24(4,5)21(18)27)25-22(29-17)16-12-11-14-9-7-8-10-15(14)13-16/h7-13,18H,6H2,1-5H3. The normalized spacial score (nSPS) is 19.1. The quantitative estimate of drug-likeness (QED) is 0.550. The summed E-state index contributed by atoms with van der Waals surface area (Å²) in [6.07, 6.45) is 0.722. The minimum Gasteiger partial charge on any atom is -0.354 e. The highest BCUT2D eigenvalue weighted by Crippen LogP contribution is 2.42. The van der Waals surface area contributed by atoms with Crippen LogP contribution in [-0.4, -0.2) is 27.8 Å². The summed E-state index contributed by atoms with van der Waals surface area (Å²) in [5.41, 5.74) is -0.458. The maximum absolute atomic E-state index is 13.2. The van der Waals surface area contributed by atoms with E-state index in [1.807, 2.05) is 25.1 Å². The van der Waals surface area contributed by atoms with Crippen LogP contribution < -0.4 is 0 Å². The predicted molar refractivity (Wildman–Crippen MR) is 116 cm³/mol. The van der Waals surface area contributed by atoms with Gasteiger partial charge in [0.05, 0.1) is 5.69 Å². The lowest BCUT2D eigenvalue weighted by atomic mass is 9.76. The first-order valence-electron chi connectivity index (χ1n) is 9.91. The molecule has 0 aliphatic carbocycles. The molecule has 4 rings (SSSR count). The van der Waals surface area contributed by atoms with Gasteiger partial charge < -0.3 is 4.74 Å². The van der Waals surface area contributed by atoms with E-state index in [1.54, 1.807) is 39.0 Å². The summed E-state index contributed by atoms with van der Waals surface area (Å²) < 4.78 is 5.83. The summed E-state index contributed by atoms with van der Waals surface area (Å²) in [6.45, 7) is 8.97. The Labute approximate surface area is 174 Å². The lowest BCUT2D eigenvalue weighted by Crippen LogP contribution is -2.58. The van der Waals surface area contributed by atoms with E-state index in [9.17, 15) is 9.59 Å². The fraction of sp³-hybridized carbons (Fsp3) is 0.375. The molecule has 1 saturated heterocycles.